The topological polar surface area (TPSA) is 94.1 Å². The van der Waals surface area contributed by atoms with Crippen LogP contribution in [0.2, 0.25) is 0 Å². The van der Waals surface area contributed by atoms with Gasteiger partial charge in [0.2, 0.25) is 11.1 Å². The standard InChI is InChI=1S/C14H17N5O2S/c1-9-12(20)19(15)14(17-16-9)22-10(2)13(21)18(3)11-7-5-4-6-8-11/h4-8,10H,15H2,1-3H3/t10-/m1/s1. The SMILES string of the molecule is Cc1nnc(S[C@H](C)C(=O)N(C)c2ccccc2)n(N)c1=O. The van der Waals surface area contributed by atoms with E-state index in [-0.39, 0.29) is 16.8 Å². The van der Waals surface area contributed by atoms with E-state index in [4.69, 9.17) is 5.84 Å². The predicted octanol–water partition coefficient (Wildman–Crippen LogP) is 0.804. The van der Waals surface area contributed by atoms with Crippen molar-refractivity contribution in [1.29, 1.82) is 0 Å². The van der Waals surface area contributed by atoms with Crippen molar-refractivity contribution < 1.29 is 4.79 Å². The third-order valence-electron chi connectivity index (χ3n) is 3.12. The second kappa shape index (κ2) is 6.61. The summed E-state index contributed by atoms with van der Waals surface area (Å²) < 4.78 is 0.916. The molecule has 0 aliphatic carbocycles. The molecule has 0 aliphatic rings. The molecule has 0 aliphatic heterocycles. The molecule has 2 aromatic rings. The van der Waals surface area contributed by atoms with Crippen LogP contribution < -0.4 is 16.3 Å². The highest BCUT2D eigenvalue weighted by atomic mass is 32.2. The molecule has 1 amide bonds. The minimum absolute atomic E-state index is 0.119. The average molecular weight is 319 g/mol. The molecule has 0 unspecified atom stereocenters. The van der Waals surface area contributed by atoms with Crippen LogP contribution in [0.25, 0.3) is 0 Å². The van der Waals surface area contributed by atoms with Gasteiger partial charge < -0.3 is 10.7 Å². The van der Waals surface area contributed by atoms with Crippen molar-refractivity contribution in [3.8, 4) is 0 Å². The molecule has 0 bridgehead atoms. The third-order valence-corrected chi connectivity index (χ3v) is 4.17. The quantitative estimate of drug-likeness (QED) is 0.662. The summed E-state index contributed by atoms with van der Waals surface area (Å²) in [5.41, 5.74) is 0.584. The van der Waals surface area contributed by atoms with Crippen molar-refractivity contribution in [2.45, 2.75) is 24.3 Å². The summed E-state index contributed by atoms with van der Waals surface area (Å²) in [5.74, 6) is 5.56. The lowest BCUT2D eigenvalue weighted by molar-refractivity contribution is -0.117. The van der Waals surface area contributed by atoms with Crippen LogP contribution in [0, 0.1) is 6.92 Å². The van der Waals surface area contributed by atoms with E-state index in [0.29, 0.717) is 0 Å². The van der Waals surface area contributed by atoms with Gasteiger partial charge in [0.1, 0.15) is 5.69 Å². The van der Waals surface area contributed by atoms with E-state index in [2.05, 4.69) is 10.2 Å². The maximum Gasteiger partial charge on any atom is 0.294 e. The Morgan fingerprint density at radius 3 is 2.59 bits per heavy atom. The molecule has 1 aromatic heterocycles. The summed E-state index contributed by atoms with van der Waals surface area (Å²) in [6.07, 6.45) is 0. The molecule has 22 heavy (non-hydrogen) atoms. The minimum Gasteiger partial charge on any atom is -0.334 e. The number of carbonyl (C=O) groups excluding carboxylic acids is 1. The van der Waals surface area contributed by atoms with E-state index in [1.165, 1.54) is 6.92 Å². The number of aryl methyl sites for hydroxylation is 1. The van der Waals surface area contributed by atoms with Gasteiger partial charge in [-0.3, -0.25) is 9.59 Å². The van der Waals surface area contributed by atoms with Crippen LogP contribution in [0.5, 0.6) is 0 Å². The van der Waals surface area contributed by atoms with Crippen molar-refractivity contribution >= 4 is 23.4 Å². The van der Waals surface area contributed by atoms with Gasteiger partial charge in [0, 0.05) is 12.7 Å². The van der Waals surface area contributed by atoms with Crippen LogP contribution in [0.4, 0.5) is 5.69 Å². The van der Waals surface area contributed by atoms with E-state index in [1.807, 2.05) is 30.3 Å². The van der Waals surface area contributed by atoms with Crippen molar-refractivity contribution in [3.63, 3.8) is 0 Å². The molecule has 1 atom stereocenters. The van der Waals surface area contributed by atoms with Gasteiger partial charge in [-0.25, -0.2) is 0 Å². The first kappa shape index (κ1) is 16.0. The molecule has 1 aromatic carbocycles. The highest BCUT2D eigenvalue weighted by molar-refractivity contribution is 8.00. The number of rotatable bonds is 4. The molecule has 8 heteroatoms. The number of benzene rings is 1. The van der Waals surface area contributed by atoms with Gasteiger partial charge >= 0.3 is 0 Å². The van der Waals surface area contributed by atoms with Gasteiger partial charge in [-0.15, -0.1) is 10.2 Å². The van der Waals surface area contributed by atoms with Gasteiger partial charge in [-0.2, -0.15) is 4.68 Å². The molecule has 1 heterocycles. The highest BCUT2D eigenvalue weighted by Crippen LogP contribution is 2.22. The Balaban J connectivity index is 2.15. The van der Waals surface area contributed by atoms with Gasteiger partial charge in [-0.1, -0.05) is 30.0 Å². The molecule has 2 rings (SSSR count). The maximum atomic E-state index is 12.4. The second-order valence-electron chi connectivity index (χ2n) is 4.74. The lowest BCUT2D eigenvalue weighted by Gasteiger charge is -2.21. The highest BCUT2D eigenvalue weighted by Gasteiger charge is 2.22. The Kier molecular flexibility index (Phi) is 4.81. The summed E-state index contributed by atoms with van der Waals surface area (Å²) in [6.45, 7) is 3.27. The van der Waals surface area contributed by atoms with E-state index >= 15 is 0 Å². The first-order valence-corrected chi connectivity index (χ1v) is 7.50. The van der Waals surface area contributed by atoms with Crippen molar-refractivity contribution in [1.82, 2.24) is 14.9 Å². The molecule has 0 saturated carbocycles. The number of amides is 1. The Morgan fingerprint density at radius 2 is 1.95 bits per heavy atom. The van der Waals surface area contributed by atoms with E-state index < -0.39 is 10.8 Å². The summed E-state index contributed by atoms with van der Waals surface area (Å²) in [4.78, 5) is 25.7. The van der Waals surface area contributed by atoms with Crippen LogP contribution in [0.15, 0.2) is 40.3 Å². The fourth-order valence-electron chi connectivity index (χ4n) is 1.81. The number of aromatic nitrogens is 3. The predicted molar refractivity (Wildman–Crippen MR) is 86.4 cm³/mol. The molecular formula is C14H17N5O2S. The van der Waals surface area contributed by atoms with Crippen LogP contribution in [-0.2, 0) is 4.79 Å². The Hall–Kier alpha value is -2.35. The molecule has 0 radical (unpaired) electrons. The molecule has 0 saturated heterocycles. The first-order chi connectivity index (χ1) is 10.4. The number of para-hydroxylation sites is 1. The minimum atomic E-state index is -0.462. The summed E-state index contributed by atoms with van der Waals surface area (Å²) in [7, 11) is 1.70. The Bertz CT molecular complexity index is 732. The van der Waals surface area contributed by atoms with Crippen LogP contribution in [-0.4, -0.2) is 33.1 Å². The molecule has 0 fully saturated rings. The lowest BCUT2D eigenvalue weighted by atomic mass is 10.3. The summed E-state index contributed by atoms with van der Waals surface area (Å²) >= 11 is 1.10. The van der Waals surface area contributed by atoms with Gasteiger partial charge in [-0.05, 0) is 26.0 Å². The number of thioether (sulfide) groups is 1. The number of anilines is 1. The Labute approximate surface area is 132 Å². The van der Waals surface area contributed by atoms with Crippen molar-refractivity contribution in [2.75, 3.05) is 17.8 Å². The number of nitrogens with zero attached hydrogens (tertiary/aromatic N) is 4. The number of nitrogens with two attached hydrogens (primary N) is 1. The van der Waals surface area contributed by atoms with E-state index in [0.717, 1.165) is 22.1 Å². The van der Waals surface area contributed by atoms with Crippen molar-refractivity contribution in [3.05, 3.63) is 46.4 Å². The average Bonchev–Trinajstić information content (AvgIpc) is 2.54. The monoisotopic (exact) mass is 319 g/mol. The largest absolute Gasteiger partial charge is 0.334 e. The lowest BCUT2D eigenvalue weighted by Crippen LogP contribution is -2.36. The molecular weight excluding hydrogens is 302 g/mol. The first-order valence-electron chi connectivity index (χ1n) is 6.62. The maximum absolute atomic E-state index is 12.4. The zero-order valence-corrected chi connectivity index (χ0v) is 13.4. The zero-order chi connectivity index (χ0) is 16.3. The molecule has 0 spiro atoms. The van der Waals surface area contributed by atoms with Crippen LogP contribution in [0.3, 0.4) is 0 Å². The third kappa shape index (κ3) is 3.28. The number of hydrogen-bond acceptors (Lipinski definition) is 6. The second-order valence-corrected chi connectivity index (χ2v) is 6.04. The normalized spacial score (nSPS) is 12.0. The zero-order valence-electron chi connectivity index (χ0n) is 12.6. The summed E-state index contributed by atoms with van der Waals surface area (Å²) in [6, 6.07) is 9.30. The van der Waals surface area contributed by atoms with E-state index in [1.54, 1.807) is 18.9 Å². The van der Waals surface area contributed by atoms with Crippen LogP contribution in [0.1, 0.15) is 12.6 Å². The van der Waals surface area contributed by atoms with E-state index in [9.17, 15) is 9.59 Å². The smallest absolute Gasteiger partial charge is 0.294 e. The van der Waals surface area contributed by atoms with Gasteiger partial charge in [0.25, 0.3) is 5.56 Å². The van der Waals surface area contributed by atoms with Gasteiger partial charge in [0.05, 0.1) is 5.25 Å². The van der Waals surface area contributed by atoms with Crippen LogP contribution >= 0.6 is 11.8 Å². The fraction of sp³-hybridized carbons (Fsp3) is 0.286. The summed E-state index contributed by atoms with van der Waals surface area (Å²) in [5, 5.41) is 7.36. The number of hydrogen-bond donors (Lipinski definition) is 1. The number of carbonyl (C=O) groups is 1. The van der Waals surface area contributed by atoms with Gasteiger partial charge in [0.15, 0.2) is 0 Å². The molecule has 7 nitrogen and oxygen atoms in total. The van der Waals surface area contributed by atoms with Crippen molar-refractivity contribution in [2.24, 2.45) is 0 Å². The fourth-order valence-corrected chi connectivity index (χ4v) is 2.67. The molecule has 116 valence electrons. The molecule has 2 N–H and O–H groups in total. The Morgan fingerprint density at radius 1 is 1.32 bits per heavy atom. The number of nitrogen functional groups attached to an aromatic ring is 1.